The Morgan fingerprint density at radius 2 is 1.95 bits per heavy atom. The van der Waals surface area contributed by atoms with Gasteiger partial charge in [0.25, 0.3) is 5.91 Å². The molecular weight excluding hydrogens is 290 g/mol. The van der Waals surface area contributed by atoms with Crippen molar-refractivity contribution < 1.29 is 22.4 Å². The summed E-state index contributed by atoms with van der Waals surface area (Å²) in [6.45, 7) is 0. The summed E-state index contributed by atoms with van der Waals surface area (Å²) in [6.07, 6.45) is -2.24. The van der Waals surface area contributed by atoms with E-state index >= 15 is 0 Å². The number of aromatic nitrogens is 1. The first kappa shape index (κ1) is 14.8. The van der Waals surface area contributed by atoms with Crippen molar-refractivity contribution in [1.82, 2.24) is 4.98 Å². The minimum absolute atomic E-state index is 0.156. The molecule has 1 amide bonds. The second-order valence-corrected chi connectivity index (χ2v) is 4.11. The predicted octanol–water partition coefficient (Wildman–Crippen LogP) is 3.07. The third kappa shape index (κ3) is 3.28. The Labute approximate surface area is 116 Å². The summed E-state index contributed by atoms with van der Waals surface area (Å²) >= 11 is 0. The van der Waals surface area contributed by atoms with Crippen LogP contribution in [0.1, 0.15) is 15.9 Å². The molecule has 0 aliphatic carbocycles. The second kappa shape index (κ2) is 5.39. The molecule has 1 heterocycles. The van der Waals surface area contributed by atoms with Gasteiger partial charge in [-0.05, 0) is 24.3 Å². The molecule has 2 aromatic rings. The largest absolute Gasteiger partial charge is 0.419 e. The maximum absolute atomic E-state index is 13.1. The topological polar surface area (TPSA) is 68.0 Å². The van der Waals surface area contributed by atoms with Gasteiger partial charge in [0.15, 0.2) is 0 Å². The van der Waals surface area contributed by atoms with Gasteiger partial charge in [-0.1, -0.05) is 0 Å². The highest BCUT2D eigenvalue weighted by Gasteiger charge is 2.34. The van der Waals surface area contributed by atoms with Crippen molar-refractivity contribution >= 4 is 17.3 Å². The molecule has 0 saturated heterocycles. The van der Waals surface area contributed by atoms with Gasteiger partial charge >= 0.3 is 6.18 Å². The van der Waals surface area contributed by atoms with Gasteiger partial charge in [-0.2, -0.15) is 13.2 Å². The van der Waals surface area contributed by atoms with Gasteiger partial charge in [0, 0.05) is 11.8 Å². The van der Waals surface area contributed by atoms with E-state index in [-0.39, 0.29) is 16.9 Å². The number of nitrogens with zero attached hydrogens (tertiary/aromatic N) is 1. The molecule has 1 aromatic carbocycles. The highest BCUT2D eigenvalue weighted by molar-refractivity contribution is 6.05. The van der Waals surface area contributed by atoms with Gasteiger partial charge in [0.1, 0.15) is 5.82 Å². The summed E-state index contributed by atoms with van der Waals surface area (Å²) in [5.41, 5.74) is 4.08. The molecule has 4 nitrogen and oxygen atoms in total. The summed E-state index contributed by atoms with van der Waals surface area (Å²) in [4.78, 5) is 15.6. The molecule has 8 heteroatoms. The lowest BCUT2D eigenvalue weighted by Crippen LogP contribution is -2.16. The number of amides is 1. The number of halogens is 4. The normalized spacial score (nSPS) is 11.2. The minimum atomic E-state index is -4.88. The molecule has 21 heavy (non-hydrogen) atoms. The van der Waals surface area contributed by atoms with Crippen LogP contribution in [0.5, 0.6) is 0 Å². The van der Waals surface area contributed by atoms with Gasteiger partial charge in [-0.15, -0.1) is 0 Å². The van der Waals surface area contributed by atoms with E-state index in [1.54, 1.807) is 0 Å². The number of alkyl halides is 3. The zero-order valence-corrected chi connectivity index (χ0v) is 10.4. The molecule has 0 aliphatic heterocycles. The monoisotopic (exact) mass is 299 g/mol. The molecule has 0 spiro atoms. The number of nitrogens with one attached hydrogen (secondary N) is 1. The average Bonchev–Trinajstić information content (AvgIpc) is 2.40. The molecule has 110 valence electrons. The number of nitrogens with two attached hydrogens (primary N) is 1. The van der Waals surface area contributed by atoms with Crippen molar-refractivity contribution in [3.63, 3.8) is 0 Å². The molecule has 0 fully saturated rings. The van der Waals surface area contributed by atoms with Gasteiger partial charge in [-0.25, -0.2) is 4.39 Å². The Balaban J connectivity index is 2.31. The number of rotatable bonds is 2. The zero-order valence-electron chi connectivity index (χ0n) is 10.4. The van der Waals surface area contributed by atoms with E-state index in [0.29, 0.717) is 12.1 Å². The maximum atomic E-state index is 13.1. The lowest BCUT2D eigenvalue weighted by atomic mass is 10.1. The Kier molecular flexibility index (Phi) is 3.79. The summed E-state index contributed by atoms with van der Waals surface area (Å²) in [5.74, 6) is -2.28. The molecule has 0 atom stereocenters. The van der Waals surface area contributed by atoms with E-state index in [9.17, 15) is 22.4 Å². The van der Waals surface area contributed by atoms with Crippen LogP contribution in [-0.2, 0) is 6.18 Å². The van der Waals surface area contributed by atoms with Crippen LogP contribution in [0.2, 0.25) is 0 Å². The molecule has 0 saturated carbocycles. The van der Waals surface area contributed by atoms with Crippen molar-refractivity contribution in [2.45, 2.75) is 6.18 Å². The highest BCUT2D eigenvalue weighted by Crippen LogP contribution is 2.32. The first-order chi connectivity index (χ1) is 9.79. The van der Waals surface area contributed by atoms with Gasteiger partial charge in [-0.3, -0.25) is 9.78 Å². The molecular formula is C13H9F4N3O. The number of pyridine rings is 1. The van der Waals surface area contributed by atoms with E-state index in [4.69, 9.17) is 5.73 Å². The fraction of sp³-hybridized carbons (Fsp3) is 0.0769. The summed E-state index contributed by atoms with van der Waals surface area (Å²) in [7, 11) is 0. The van der Waals surface area contributed by atoms with Crippen LogP contribution >= 0.6 is 0 Å². The van der Waals surface area contributed by atoms with Crippen molar-refractivity contribution in [3.8, 4) is 0 Å². The summed E-state index contributed by atoms with van der Waals surface area (Å²) in [5, 5.41) is 2.33. The van der Waals surface area contributed by atoms with Crippen LogP contribution in [-0.4, -0.2) is 10.9 Å². The van der Waals surface area contributed by atoms with Crippen molar-refractivity contribution in [2.75, 3.05) is 11.1 Å². The second-order valence-electron chi connectivity index (χ2n) is 4.11. The maximum Gasteiger partial charge on any atom is 0.419 e. The summed E-state index contributed by atoms with van der Waals surface area (Å²) < 4.78 is 50.9. The van der Waals surface area contributed by atoms with E-state index in [0.717, 1.165) is 6.07 Å². The molecule has 0 unspecified atom stereocenters. The average molecular weight is 299 g/mol. The van der Waals surface area contributed by atoms with Crippen LogP contribution in [0.3, 0.4) is 0 Å². The molecule has 0 aliphatic rings. The molecule has 0 bridgehead atoms. The van der Waals surface area contributed by atoms with E-state index in [1.165, 1.54) is 18.5 Å². The molecule has 3 N–H and O–H groups in total. The number of nitrogen functional groups attached to an aromatic ring is 1. The molecule has 2 rings (SSSR count). The van der Waals surface area contributed by atoms with E-state index < -0.39 is 23.5 Å². The summed E-state index contributed by atoms with van der Waals surface area (Å²) in [6, 6.07) is 3.38. The Hall–Kier alpha value is -2.64. The number of anilines is 2. The number of hydrogen-bond donors (Lipinski definition) is 2. The third-order valence-corrected chi connectivity index (χ3v) is 2.63. The smallest absolute Gasteiger partial charge is 0.396 e. The van der Waals surface area contributed by atoms with Crippen molar-refractivity contribution in [2.24, 2.45) is 0 Å². The minimum Gasteiger partial charge on any atom is -0.396 e. The van der Waals surface area contributed by atoms with Gasteiger partial charge in [0.05, 0.1) is 23.1 Å². The standard InChI is InChI=1S/C13H9F4N3O/c14-9-2-1-7(5-8(9)13(15,16)17)12(21)20-11-3-4-19-6-10(11)18/h1-6H,18H2,(H,19,20,21). The zero-order chi connectivity index (χ0) is 15.6. The quantitative estimate of drug-likeness (QED) is 0.837. The van der Waals surface area contributed by atoms with Crippen LogP contribution in [0.15, 0.2) is 36.7 Å². The fourth-order valence-corrected chi connectivity index (χ4v) is 1.60. The molecule has 0 radical (unpaired) electrons. The molecule has 1 aromatic heterocycles. The van der Waals surface area contributed by atoms with Crippen LogP contribution < -0.4 is 11.1 Å². The highest BCUT2D eigenvalue weighted by atomic mass is 19.4. The van der Waals surface area contributed by atoms with Crippen molar-refractivity contribution in [1.29, 1.82) is 0 Å². The fourth-order valence-electron chi connectivity index (χ4n) is 1.60. The van der Waals surface area contributed by atoms with E-state index in [1.807, 2.05) is 0 Å². The Morgan fingerprint density at radius 1 is 1.24 bits per heavy atom. The van der Waals surface area contributed by atoms with Crippen molar-refractivity contribution in [3.05, 3.63) is 53.6 Å². The SMILES string of the molecule is Nc1cnccc1NC(=O)c1ccc(F)c(C(F)(F)F)c1. The number of carbonyl (C=O) groups excluding carboxylic acids is 1. The predicted molar refractivity (Wildman–Crippen MR) is 68.0 cm³/mol. The number of carbonyl (C=O) groups is 1. The third-order valence-electron chi connectivity index (χ3n) is 2.63. The Morgan fingerprint density at radius 3 is 2.57 bits per heavy atom. The lowest BCUT2D eigenvalue weighted by Gasteiger charge is -2.11. The number of hydrogen-bond acceptors (Lipinski definition) is 3. The van der Waals surface area contributed by atoms with Gasteiger partial charge < -0.3 is 11.1 Å². The Bertz CT molecular complexity index is 685. The van der Waals surface area contributed by atoms with Crippen LogP contribution in [0.4, 0.5) is 28.9 Å². The van der Waals surface area contributed by atoms with Crippen LogP contribution in [0.25, 0.3) is 0 Å². The lowest BCUT2D eigenvalue weighted by molar-refractivity contribution is -0.140. The number of benzene rings is 1. The van der Waals surface area contributed by atoms with E-state index in [2.05, 4.69) is 10.3 Å². The first-order valence-electron chi connectivity index (χ1n) is 5.66. The van der Waals surface area contributed by atoms with Gasteiger partial charge in [0.2, 0.25) is 0 Å². The first-order valence-corrected chi connectivity index (χ1v) is 5.66. The van der Waals surface area contributed by atoms with Crippen LogP contribution in [0, 0.1) is 5.82 Å².